The number of rotatable bonds is 4. The van der Waals surface area contributed by atoms with Crippen LogP contribution in [0.15, 0.2) is 33.5 Å². The highest BCUT2D eigenvalue weighted by molar-refractivity contribution is 8.01. The highest BCUT2D eigenvalue weighted by atomic mass is 32.2. The number of hydrogen-bond donors (Lipinski definition) is 1. The molecule has 1 heterocycles. The zero-order valence-corrected chi connectivity index (χ0v) is 10.7. The molecule has 0 amide bonds. The van der Waals surface area contributed by atoms with Crippen molar-refractivity contribution in [1.82, 2.24) is 10.2 Å². The maximum Gasteiger partial charge on any atom is 0.307 e. The number of aliphatic carboxylic acids is 1. The molecular formula is C11H10N2O2S2. The van der Waals surface area contributed by atoms with Gasteiger partial charge in [0.2, 0.25) is 0 Å². The van der Waals surface area contributed by atoms with E-state index in [0.717, 1.165) is 19.8 Å². The van der Waals surface area contributed by atoms with Crippen LogP contribution < -0.4 is 0 Å². The van der Waals surface area contributed by atoms with E-state index in [9.17, 15) is 4.79 Å². The third kappa shape index (κ3) is 3.54. The van der Waals surface area contributed by atoms with Gasteiger partial charge in [0, 0.05) is 4.90 Å². The minimum atomic E-state index is -0.815. The van der Waals surface area contributed by atoms with Crippen molar-refractivity contribution >= 4 is 29.1 Å². The summed E-state index contributed by atoms with van der Waals surface area (Å²) < 4.78 is 0.897. The second-order valence-electron chi connectivity index (χ2n) is 3.40. The summed E-state index contributed by atoms with van der Waals surface area (Å²) in [5.41, 5.74) is 0.801. The average Bonchev–Trinajstić information content (AvgIpc) is 2.66. The molecule has 0 aliphatic rings. The summed E-state index contributed by atoms with van der Waals surface area (Å²) in [4.78, 5) is 11.6. The summed E-state index contributed by atoms with van der Waals surface area (Å²) in [7, 11) is 0. The molecule has 0 saturated heterocycles. The van der Waals surface area contributed by atoms with Gasteiger partial charge in [-0.2, -0.15) is 0 Å². The summed E-state index contributed by atoms with van der Waals surface area (Å²) >= 11 is 3.08. The van der Waals surface area contributed by atoms with Crippen molar-refractivity contribution in [1.29, 1.82) is 0 Å². The molecule has 0 aliphatic carbocycles. The standard InChI is InChI=1S/C11H10N2O2S2/c1-7-12-13-11(16-7)17-9-4-2-8(3-5-9)6-10(14)15/h2-5H,6H2,1H3,(H,14,15). The first-order valence-corrected chi connectivity index (χ1v) is 6.55. The first-order chi connectivity index (χ1) is 8.13. The lowest BCUT2D eigenvalue weighted by atomic mass is 10.2. The zero-order chi connectivity index (χ0) is 12.3. The lowest BCUT2D eigenvalue weighted by Crippen LogP contribution is -1.99. The van der Waals surface area contributed by atoms with Gasteiger partial charge in [-0.05, 0) is 24.6 Å². The van der Waals surface area contributed by atoms with Gasteiger partial charge >= 0.3 is 5.97 Å². The monoisotopic (exact) mass is 266 g/mol. The van der Waals surface area contributed by atoms with Gasteiger partial charge in [-0.1, -0.05) is 35.2 Å². The maximum atomic E-state index is 10.5. The van der Waals surface area contributed by atoms with Gasteiger partial charge in [-0.15, -0.1) is 10.2 Å². The topological polar surface area (TPSA) is 63.1 Å². The van der Waals surface area contributed by atoms with Gasteiger partial charge in [-0.3, -0.25) is 4.79 Å². The van der Waals surface area contributed by atoms with Crippen LogP contribution in [-0.4, -0.2) is 21.3 Å². The predicted molar refractivity (Wildman–Crippen MR) is 66.6 cm³/mol. The quantitative estimate of drug-likeness (QED) is 0.921. The Morgan fingerprint density at radius 2 is 2.06 bits per heavy atom. The van der Waals surface area contributed by atoms with Crippen LogP contribution in [0.4, 0.5) is 0 Å². The second-order valence-corrected chi connectivity index (χ2v) is 5.91. The predicted octanol–water partition coefficient (Wildman–Crippen LogP) is 2.62. The second kappa shape index (κ2) is 5.29. The van der Waals surface area contributed by atoms with Crippen LogP contribution in [0.25, 0.3) is 0 Å². The molecule has 1 aromatic carbocycles. The fraction of sp³-hybridized carbons (Fsp3) is 0.182. The first-order valence-electron chi connectivity index (χ1n) is 4.92. The Kier molecular flexibility index (Phi) is 3.75. The third-order valence-electron chi connectivity index (χ3n) is 1.99. The Bertz CT molecular complexity index is 523. The molecule has 0 aliphatic heterocycles. The van der Waals surface area contributed by atoms with Crippen LogP contribution in [0, 0.1) is 6.92 Å². The van der Waals surface area contributed by atoms with Crippen molar-refractivity contribution in [2.24, 2.45) is 0 Å². The summed E-state index contributed by atoms with van der Waals surface area (Å²) in [5, 5.41) is 17.6. The maximum absolute atomic E-state index is 10.5. The normalized spacial score (nSPS) is 10.4. The van der Waals surface area contributed by atoms with E-state index in [1.54, 1.807) is 11.3 Å². The van der Waals surface area contributed by atoms with E-state index in [2.05, 4.69) is 10.2 Å². The van der Waals surface area contributed by atoms with Crippen molar-refractivity contribution in [2.75, 3.05) is 0 Å². The molecule has 1 aromatic heterocycles. The smallest absolute Gasteiger partial charge is 0.307 e. The number of carboxylic acids is 1. The molecule has 4 nitrogen and oxygen atoms in total. The Balaban J connectivity index is 2.05. The van der Waals surface area contributed by atoms with Crippen molar-refractivity contribution in [3.05, 3.63) is 34.8 Å². The lowest BCUT2D eigenvalue weighted by Gasteiger charge is -1.99. The summed E-state index contributed by atoms with van der Waals surface area (Å²) in [5.74, 6) is -0.815. The number of benzene rings is 1. The minimum absolute atomic E-state index is 0.0584. The molecule has 0 saturated carbocycles. The molecule has 17 heavy (non-hydrogen) atoms. The molecule has 0 unspecified atom stereocenters. The SMILES string of the molecule is Cc1nnc(Sc2ccc(CC(=O)O)cc2)s1. The van der Waals surface area contributed by atoms with Crippen LogP contribution >= 0.6 is 23.1 Å². The number of carboxylic acid groups (broad SMARTS) is 1. The van der Waals surface area contributed by atoms with Crippen LogP contribution in [0.3, 0.4) is 0 Å². The van der Waals surface area contributed by atoms with Gasteiger partial charge in [-0.25, -0.2) is 0 Å². The Morgan fingerprint density at radius 3 is 2.59 bits per heavy atom. The van der Waals surface area contributed by atoms with Crippen LogP contribution in [0.5, 0.6) is 0 Å². The fourth-order valence-corrected chi connectivity index (χ4v) is 3.06. The first kappa shape index (κ1) is 12.1. The van der Waals surface area contributed by atoms with E-state index < -0.39 is 5.97 Å². The third-order valence-corrected chi connectivity index (χ3v) is 3.89. The summed E-state index contributed by atoms with van der Waals surface area (Å²) in [6.07, 6.45) is 0.0584. The lowest BCUT2D eigenvalue weighted by molar-refractivity contribution is -0.136. The molecule has 1 N–H and O–H groups in total. The van der Waals surface area contributed by atoms with Gasteiger partial charge in [0.05, 0.1) is 6.42 Å². The molecular weight excluding hydrogens is 256 g/mol. The highest BCUT2D eigenvalue weighted by Crippen LogP contribution is 2.29. The highest BCUT2D eigenvalue weighted by Gasteiger charge is 2.04. The van der Waals surface area contributed by atoms with Crippen LogP contribution in [0.1, 0.15) is 10.6 Å². The Labute approximate surface area is 107 Å². The van der Waals surface area contributed by atoms with Gasteiger partial charge in [0.15, 0.2) is 4.34 Å². The van der Waals surface area contributed by atoms with Crippen molar-refractivity contribution in [3.8, 4) is 0 Å². The fourth-order valence-electron chi connectivity index (χ4n) is 1.27. The number of carbonyl (C=O) groups is 1. The van der Waals surface area contributed by atoms with Gasteiger partial charge < -0.3 is 5.11 Å². The van der Waals surface area contributed by atoms with Crippen molar-refractivity contribution < 1.29 is 9.90 Å². The molecule has 0 fully saturated rings. The number of hydrogen-bond acceptors (Lipinski definition) is 5. The van der Waals surface area contributed by atoms with E-state index in [0.29, 0.717) is 0 Å². The average molecular weight is 266 g/mol. The summed E-state index contributed by atoms with van der Waals surface area (Å²) in [6.45, 7) is 1.91. The molecule has 2 aromatic rings. The van der Waals surface area contributed by atoms with E-state index >= 15 is 0 Å². The van der Waals surface area contributed by atoms with E-state index in [1.165, 1.54) is 11.8 Å². The summed E-state index contributed by atoms with van der Waals surface area (Å²) in [6, 6.07) is 7.45. The number of aryl methyl sites for hydroxylation is 1. The Morgan fingerprint density at radius 1 is 1.35 bits per heavy atom. The number of aromatic nitrogens is 2. The van der Waals surface area contributed by atoms with Gasteiger partial charge in [0.1, 0.15) is 5.01 Å². The molecule has 2 rings (SSSR count). The molecule has 0 bridgehead atoms. The van der Waals surface area contributed by atoms with Crippen LogP contribution in [0.2, 0.25) is 0 Å². The van der Waals surface area contributed by atoms with E-state index in [-0.39, 0.29) is 6.42 Å². The van der Waals surface area contributed by atoms with Crippen molar-refractivity contribution in [3.63, 3.8) is 0 Å². The van der Waals surface area contributed by atoms with Crippen molar-refractivity contribution in [2.45, 2.75) is 22.6 Å². The van der Waals surface area contributed by atoms with E-state index in [4.69, 9.17) is 5.11 Å². The van der Waals surface area contributed by atoms with E-state index in [1.807, 2.05) is 31.2 Å². The zero-order valence-electron chi connectivity index (χ0n) is 9.08. The molecule has 0 radical (unpaired) electrons. The largest absolute Gasteiger partial charge is 0.481 e. The molecule has 88 valence electrons. The Hall–Kier alpha value is -1.40. The molecule has 0 spiro atoms. The van der Waals surface area contributed by atoms with Gasteiger partial charge in [0.25, 0.3) is 0 Å². The molecule has 6 heteroatoms. The van der Waals surface area contributed by atoms with Crippen LogP contribution in [-0.2, 0) is 11.2 Å². The minimum Gasteiger partial charge on any atom is -0.481 e. The number of nitrogens with zero attached hydrogens (tertiary/aromatic N) is 2. The molecule has 0 atom stereocenters.